The van der Waals surface area contributed by atoms with Gasteiger partial charge >= 0.3 is 5.97 Å². The summed E-state index contributed by atoms with van der Waals surface area (Å²) in [6, 6.07) is 1.47. The monoisotopic (exact) mass is 242 g/mol. The van der Waals surface area contributed by atoms with Crippen LogP contribution in [0.3, 0.4) is 0 Å². The normalized spacial score (nSPS) is 10.1. The molecule has 5 nitrogen and oxygen atoms in total. The number of rotatable bonds is 3. The molecule has 1 aromatic heterocycles. The van der Waals surface area contributed by atoms with Crippen LogP contribution < -0.4 is 0 Å². The Balaban J connectivity index is 3.45. The van der Waals surface area contributed by atoms with Gasteiger partial charge in [-0.1, -0.05) is 0 Å². The Morgan fingerprint density at radius 2 is 2.35 bits per heavy atom. The standard InChI is InChI=1S/C10H8F2N2O3/c1-2-17-10(16)7-5(3-13)6(15)4-14-8(7)9(11)12/h4,9,15H,2H2,1H3. The van der Waals surface area contributed by atoms with Gasteiger partial charge in [-0.25, -0.2) is 13.6 Å². The summed E-state index contributed by atoms with van der Waals surface area (Å²) in [6.07, 6.45) is -2.34. The molecule has 0 fully saturated rings. The van der Waals surface area contributed by atoms with Crippen LogP contribution in [-0.4, -0.2) is 22.7 Å². The van der Waals surface area contributed by atoms with Crippen molar-refractivity contribution >= 4 is 5.97 Å². The van der Waals surface area contributed by atoms with Gasteiger partial charge in [0.2, 0.25) is 0 Å². The van der Waals surface area contributed by atoms with Gasteiger partial charge in [0, 0.05) is 0 Å². The lowest BCUT2D eigenvalue weighted by atomic mass is 10.1. The molecule has 1 aromatic rings. The van der Waals surface area contributed by atoms with Gasteiger partial charge < -0.3 is 9.84 Å². The Bertz CT molecular complexity index is 483. The smallest absolute Gasteiger partial charge is 0.341 e. The van der Waals surface area contributed by atoms with Crippen LogP contribution in [0.25, 0.3) is 0 Å². The summed E-state index contributed by atoms with van der Waals surface area (Å²) >= 11 is 0. The van der Waals surface area contributed by atoms with Gasteiger partial charge in [-0.3, -0.25) is 4.98 Å². The van der Waals surface area contributed by atoms with Crippen molar-refractivity contribution in [2.24, 2.45) is 0 Å². The summed E-state index contributed by atoms with van der Waals surface area (Å²) in [5.41, 5.74) is -2.13. The van der Waals surface area contributed by atoms with E-state index in [9.17, 15) is 18.7 Å². The second kappa shape index (κ2) is 5.21. The summed E-state index contributed by atoms with van der Waals surface area (Å²) in [6.45, 7) is 1.45. The molecule has 0 spiro atoms. The van der Waals surface area contributed by atoms with Crippen LogP contribution in [-0.2, 0) is 4.74 Å². The summed E-state index contributed by atoms with van der Waals surface area (Å²) < 4.78 is 29.8. The van der Waals surface area contributed by atoms with Crippen LogP contribution >= 0.6 is 0 Å². The number of aromatic nitrogens is 1. The van der Waals surface area contributed by atoms with E-state index in [-0.39, 0.29) is 6.61 Å². The number of pyridine rings is 1. The van der Waals surface area contributed by atoms with Gasteiger partial charge in [0.05, 0.1) is 12.8 Å². The molecule has 0 unspecified atom stereocenters. The maximum absolute atomic E-state index is 12.6. The van der Waals surface area contributed by atoms with E-state index in [4.69, 9.17) is 5.26 Å². The van der Waals surface area contributed by atoms with Gasteiger partial charge in [0.15, 0.2) is 5.75 Å². The fourth-order valence-corrected chi connectivity index (χ4v) is 1.20. The van der Waals surface area contributed by atoms with Crippen molar-refractivity contribution in [3.05, 3.63) is 23.0 Å². The van der Waals surface area contributed by atoms with Crippen LogP contribution in [0.4, 0.5) is 8.78 Å². The van der Waals surface area contributed by atoms with Crippen molar-refractivity contribution in [3.63, 3.8) is 0 Å². The third kappa shape index (κ3) is 2.47. The minimum atomic E-state index is -3.04. The lowest BCUT2D eigenvalue weighted by Gasteiger charge is -2.09. The molecule has 0 aliphatic carbocycles. The van der Waals surface area contributed by atoms with E-state index in [1.165, 1.54) is 13.0 Å². The number of nitriles is 1. The first-order chi connectivity index (χ1) is 8.02. The van der Waals surface area contributed by atoms with Crippen molar-refractivity contribution in [2.45, 2.75) is 13.3 Å². The SMILES string of the molecule is CCOC(=O)c1c(C(F)F)ncc(O)c1C#N. The van der Waals surface area contributed by atoms with Crippen LogP contribution in [0.1, 0.15) is 35.0 Å². The van der Waals surface area contributed by atoms with Crippen LogP contribution in [0.2, 0.25) is 0 Å². The second-order valence-corrected chi connectivity index (χ2v) is 2.91. The second-order valence-electron chi connectivity index (χ2n) is 2.91. The molecule has 90 valence electrons. The zero-order valence-corrected chi connectivity index (χ0v) is 8.78. The highest BCUT2D eigenvalue weighted by atomic mass is 19.3. The molecular formula is C10H8F2N2O3. The zero-order valence-electron chi connectivity index (χ0n) is 8.78. The Labute approximate surface area is 95.3 Å². The number of carbonyl (C=O) groups excluding carboxylic acids is 1. The molecule has 0 saturated carbocycles. The molecule has 0 aromatic carbocycles. The lowest BCUT2D eigenvalue weighted by Crippen LogP contribution is -2.12. The van der Waals surface area contributed by atoms with Crippen molar-refractivity contribution < 1.29 is 23.4 Å². The number of halogens is 2. The molecule has 0 aliphatic rings. The third-order valence-electron chi connectivity index (χ3n) is 1.89. The fourth-order valence-electron chi connectivity index (χ4n) is 1.20. The quantitative estimate of drug-likeness (QED) is 0.816. The summed E-state index contributed by atoms with van der Waals surface area (Å²) in [5, 5.41) is 18.0. The van der Waals surface area contributed by atoms with Gasteiger partial charge in [-0.05, 0) is 6.92 Å². The topological polar surface area (TPSA) is 83.2 Å². The molecule has 0 radical (unpaired) electrons. The predicted octanol–water partition coefficient (Wildman–Crippen LogP) is 1.77. The van der Waals surface area contributed by atoms with Crippen LogP contribution in [0.5, 0.6) is 5.75 Å². The van der Waals surface area contributed by atoms with E-state index < -0.39 is 35.0 Å². The van der Waals surface area contributed by atoms with Gasteiger partial charge in [0.25, 0.3) is 6.43 Å². The number of hydrogen-bond acceptors (Lipinski definition) is 5. The maximum Gasteiger partial charge on any atom is 0.341 e. The summed E-state index contributed by atoms with van der Waals surface area (Å²) in [7, 11) is 0. The van der Waals surface area contributed by atoms with Crippen molar-refractivity contribution in [3.8, 4) is 11.8 Å². The van der Waals surface area contributed by atoms with E-state index in [2.05, 4.69) is 9.72 Å². The number of carbonyl (C=O) groups is 1. The van der Waals surface area contributed by atoms with Gasteiger partial charge in [-0.2, -0.15) is 5.26 Å². The Kier molecular flexibility index (Phi) is 3.93. The van der Waals surface area contributed by atoms with E-state index in [0.29, 0.717) is 6.20 Å². The summed E-state index contributed by atoms with van der Waals surface area (Å²) in [4.78, 5) is 14.7. The van der Waals surface area contributed by atoms with E-state index in [1.54, 1.807) is 0 Å². The molecule has 1 N–H and O–H groups in total. The van der Waals surface area contributed by atoms with Crippen LogP contribution in [0, 0.1) is 11.3 Å². The lowest BCUT2D eigenvalue weighted by molar-refractivity contribution is 0.0512. The van der Waals surface area contributed by atoms with E-state index >= 15 is 0 Å². The highest BCUT2D eigenvalue weighted by Crippen LogP contribution is 2.28. The Morgan fingerprint density at radius 1 is 1.71 bits per heavy atom. The first-order valence-corrected chi connectivity index (χ1v) is 4.60. The minimum absolute atomic E-state index is 0.0396. The van der Waals surface area contributed by atoms with Gasteiger partial charge in [0.1, 0.15) is 22.9 Å². The molecule has 0 amide bonds. The number of alkyl halides is 2. The highest BCUT2D eigenvalue weighted by molar-refractivity contribution is 5.94. The van der Waals surface area contributed by atoms with E-state index in [1.807, 2.05) is 0 Å². The molecular weight excluding hydrogens is 234 g/mol. The molecule has 1 rings (SSSR count). The number of nitrogens with zero attached hydrogens (tertiary/aromatic N) is 2. The average molecular weight is 242 g/mol. The first kappa shape index (κ1) is 12.8. The molecule has 17 heavy (non-hydrogen) atoms. The molecule has 1 heterocycles. The molecule has 0 saturated heterocycles. The van der Waals surface area contributed by atoms with Gasteiger partial charge in [-0.15, -0.1) is 0 Å². The predicted molar refractivity (Wildman–Crippen MR) is 51.5 cm³/mol. The Morgan fingerprint density at radius 3 is 2.82 bits per heavy atom. The number of hydrogen-bond donors (Lipinski definition) is 1. The van der Waals surface area contributed by atoms with Crippen molar-refractivity contribution in [2.75, 3.05) is 6.61 Å². The molecule has 0 aliphatic heterocycles. The maximum atomic E-state index is 12.6. The molecule has 0 bridgehead atoms. The van der Waals surface area contributed by atoms with Crippen molar-refractivity contribution in [1.82, 2.24) is 4.98 Å². The summed E-state index contributed by atoms with van der Waals surface area (Å²) in [5.74, 6) is -1.75. The van der Waals surface area contributed by atoms with Crippen LogP contribution in [0.15, 0.2) is 6.20 Å². The largest absolute Gasteiger partial charge is 0.505 e. The fraction of sp³-hybridized carbons (Fsp3) is 0.300. The van der Waals surface area contributed by atoms with Crippen molar-refractivity contribution in [1.29, 1.82) is 5.26 Å². The molecule has 7 heteroatoms. The number of aromatic hydroxyl groups is 1. The average Bonchev–Trinajstić information content (AvgIpc) is 2.28. The number of ether oxygens (including phenoxy) is 1. The highest BCUT2D eigenvalue weighted by Gasteiger charge is 2.27. The Hall–Kier alpha value is -2.23. The first-order valence-electron chi connectivity index (χ1n) is 4.60. The third-order valence-corrected chi connectivity index (χ3v) is 1.89. The minimum Gasteiger partial charge on any atom is -0.505 e. The molecule has 0 atom stereocenters. The zero-order chi connectivity index (χ0) is 13.0. The van der Waals surface area contributed by atoms with E-state index in [0.717, 1.165) is 0 Å². The number of esters is 1.